The van der Waals surface area contributed by atoms with Gasteiger partial charge in [0.05, 0.1) is 17.1 Å². The van der Waals surface area contributed by atoms with Gasteiger partial charge in [0.25, 0.3) is 0 Å². The van der Waals surface area contributed by atoms with E-state index in [0.29, 0.717) is 12.1 Å². The second-order valence-electron chi connectivity index (χ2n) is 5.48. The van der Waals surface area contributed by atoms with Crippen molar-refractivity contribution >= 4 is 11.0 Å². The van der Waals surface area contributed by atoms with E-state index in [-0.39, 0.29) is 0 Å². The lowest BCUT2D eigenvalue weighted by atomic mass is 10.00. The predicted molar refractivity (Wildman–Crippen MR) is 74.5 cm³/mol. The zero-order valence-corrected chi connectivity index (χ0v) is 11.2. The number of hydrogen-bond donors (Lipinski definition) is 1. The summed E-state index contributed by atoms with van der Waals surface area (Å²) in [6.07, 6.45) is 3.85. The fourth-order valence-corrected chi connectivity index (χ4v) is 3.00. The Hall–Kier alpha value is -1.35. The molecule has 1 fully saturated rings. The van der Waals surface area contributed by atoms with Gasteiger partial charge in [0.1, 0.15) is 5.82 Å². The topological polar surface area (TPSA) is 31.9 Å². The number of likely N-dealkylation sites (tertiary alicyclic amines) is 1. The number of aromatic nitrogens is 2. The summed E-state index contributed by atoms with van der Waals surface area (Å²) in [6, 6.07) is 9.35. The van der Waals surface area contributed by atoms with E-state index in [1.807, 2.05) is 6.07 Å². The molecule has 18 heavy (non-hydrogen) atoms. The Morgan fingerprint density at radius 1 is 1.28 bits per heavy atom. The van der Waals surface area contributed by atoms with Crippen LogP contribution in [0.15, 0.2) is 24.3 Å². The van der Waals surface area contributed by atoms with E-state index in [2.05, 4.69) is 41.9 Å². The molecule has 1 aliphatic heterocycles. The zero-order valence-electron chi connectivity index (χ0n) is 11.2. The number of rotatable bonds is 2. The maximum atomic E-state index is 4.77. The summed E-state index contributed by atoms with van der Waals surface area (Å²) in [5.74, 6) is 1.14. The summed E-state index contributed by atoms with van der Waals surface area (Å²) >= 11 is 0. The fourth-order valence-electron chi connectivity index (χ4n) is 3.00. The Kier molecular flexibility index (Phi) is 3.08. The highest BCUT2D eigenvalue weighted by Gasteiger charge is 2.27. The van der Waals surface area contributed by atoms with Gasteiger partial charge in [-0.15, -0.1) is 0 Å². The maximum absolute atomic E-state index is 4.77. The Morgan fingerprint density at radius 3 is 2.89 bits per heavy atom. The minimum atomic E-state index is 0.464. The van der Waals surface area contributed by atoms with Crippen LogP contribution in [-0.2, 0) is 0 Å². The highest BCUT2D eigenvalue weighted by molar-refractivity contribution is 5.74. The van der Waals surface area contributed by atoms with E-state index in [9.17, 15) is 0 Å². The van der Waals surface area contributed by atoms with Crippen LogP contribution in [-0.4, -0.2) is 27.5 Å². The first-order valence-electron chi connectivity index (χ1n) is 6.96. The van der Waals surface area contributed by atoms with E-state index in [1.54, 1.807) is 0 Å². The minimum absolute atomic E-state index is 0.464. The van der Waals surface area contributed by atoms with Crippen molar-refractivity contribution in [3.8, 4) is 0 Å². The molecule has 0 bridgehead atoms. The summed E-state index contributed by atoms with van der Waals surface area (Å²) in [5, 5.41) is 0. The van der Waals surface area contributed by atoms with Gasteiger partial charge in [-0.25, -0.2) is 4.98 Å². The van der Waals surface area contributed by atoms with Crippen LogP contribution in [0.25, 0.3) is 11.0 Å². The first kappa shape index (κ1) is 11.7. The van der Waals surface area contributed by atoms with Crippen molar-refractivity contribution in [2.75, 3.05) is 6.54 Å². The van der Waals surface area contributed by atoms with Gasteiger partial charge in [-0.1, -0.05) is 18.6 Å². The molecule has 0 amide bonds. The fraction of sp³-hybridized carbons (Fsp3) is 0.533. The highest BCUT2D eigenvalue weighted by Crippen LogP contribution is 2.31. The summed E-state index contributed by atoms with van der Waals surface area (Å²) in [6.45, 7) is 5.75. The van der Waals surface area contributed by atoms with Crippen LogP contribution in [0.1, 0.15) is 45.0 Å². The van der Waals surface area contributed by atoms with Gasteiger partial charge >= 0.3 is 0 Å². The van der Waals surface area contributed by atoms with Gasteiger partial charge in [-0.3, -0.25) is 4.90 Å². The summed E-state index contributed by atoms with van der Waals surface area (Å²) in [7, 11) is 0. The van der Waals surface area contributed by atoms with Crippen LogP contribution >= 0.6 is 0 Å². The number of para-hydroxylation sites is 2. The molecule has 0 saturated carbocycles. The molecule has 1 aromatic heterocycles. The third-order valence-electron chi connectivity index (χ3n) is 3.93. The Labute approximate surface area is 108 Å². The van der Waals surface area contributed by atoms with Crippen molar-refractivity contribution in [1.82, 2.24) is 14.9 Å². The molecule has 0 unspecified atom stereocenters. The predicted octanol–water partition coefficient (Wildman–Crippen LogP) is 3.50. The number of nitrogens with zero attached hydrogens (tertiary/aromatic N) is 2. The third kappa shape index (κ3) is 2.03. The zero-order chi connectivity index (χ0) is 12.5. The van der Waals surface area contributed by atoms with Gasteiger partial charge in [-0.2, -0.15) is 0 Å². The average molecular weight is 243 g/mol. The third-order valence-corrected chi connectivity index (χ3v) is 3.93. The molecule has 3 rings (SSSR count). The average Bonchev–Trinajstić information content (AvgIpc) is 2.82. The van der Waals surface area contributed by atoms with E-state index >= 15 is 0 Å². The molecule has 2 heterocycles. The lowest BCUT2D eigenvalue weighted by Crippen LogP contribution is -2.38. The first-order chi connectivity index (χ1) is 8.75. The van der Waals surface area contributed by atoms with Crippen LogP contribution in [0, 0.1) is 0 Å². The molecular formula is C15H21N3. The van der Waals surface area contributed by atoms with Crippen LogP contribution < -0.4 is 0 Å². The van der Waals surface area contributed by atoms with E-state index in [0.717, 1.165) is 16.9 Å². The van der Waals surface area contributed by atoms with Crippen LogP contribution in [0.5, 0.6) is 0 Å². The standard InChI is InChI=1S/C15H21N3/c1-11(2)18-10-6-5-9-14(18)15-16-12-7-3-4-8-13(12)17-15/h3-4,7-8,11,14H,5-6,9-10H2,1-2H3,(H,16,17)/t14-/m0/s1. The number of piperidine rings is 1. The molecule has 3 heteroatoms. The molecule has 1 atom stereocenters. The Morgan fingerprint density at radius 2 is 2.11 bits per heavy atom. The normalized spacial score (nSPS) is 21.8. The van der Waals surface area contributed by atoms with Crippen molar-refractivity contribution in [3.05, 3.63) is 30.1 Å². The smallest absolute Gasteiger partial charge is 0.124 e. The number of nitrogens with one attached hydrogen (secondary N) is 1. The summed E-state index contributed by atoms with van der Waals surface area (Å²) < 4.78 is 0. The summed E-state index contributed by atoms with van der Waals surface area (Å²) in [5.41, 5.74) is 2.24. The molecule has 1 saturated heterocycles. The van der Waals surface area contributed by atoms with E-state index < -0.39 is 0 Å². The van der Waals surface area contributed by atoms with Crippen molar-refractivity contribution in [3.63, 3.8) is 0 Å². The molecule has 2 aromatic rings. The molecule has 96 valence electrons. The number of imidazole rings is 1. The molecule has 3 nitrogen and oxygen atoms in total. The molecule has 1 aromatic carbocycles. The van der Waals surface area contributed by atoms with E-state index in [1.165, 1.54) is 25.8 Å². The van der Waals surface area contributed by atoms with Gasteiger partial charge in [-0.05, 0) is 45.4 Å². The lowest BCUT2D eigenvalue weighted by Gasteiger charge is -2.37. The van der Waals surface area contributed by atoms with Crippen molar-refractivity contribution in [2.45, 2.75) is 45.2 Å². The first-order valence-corrected chi connectivity index (χ1v) is 6.96. The minimum Gasteiger partial charge on any atom is -0.341 e. The van der Waals surface area contributed by atoms with Gasteiger partial charge < -0.3 is 4.98 Å². The maximum Gasteiger partial charge on any atom is 0.124 e. The monoisotopic (exact) mass is 243 g/mol. The Bertz CT molecular complexity index is 496. The van der Waals surface area contributed by atoms with Gasteiger partial charge in [0, 0.05) is 6.04 Å². The number of fused-ring (bicyclic) bond motifs is 1. The molecule has 0 spiro atoms. The molecule has 1 aliphatic rings. The second-order valence-corrected chi connectivity index (χ2v) is 5.48. The van der Waals surface area contributed by atoms with Gasteiger partial charge in [0.2, 0.25) is 0 Å². The van der Waals surface area contributed by atoms with E-state index in [4.69, 9.17) is 4.98 Å². The van der Waals surface area contributed by atoms with Crippen molar-refractivity contribution in [1.29, 1.82) is 0 Å². The molecule has 1 N–H and O–H groups in total. The SMILES string of the molecule is CC(C)N1CCCC[C@H]1c1nc2ccccc2[nH]1. The largest absolute Gasteiger partial charge is 0.341 e. The second kappa shape index (κ2) is 4.73. The number of hydrogen-bond acceptors (Lipinski definition) is 2. The lowest BCUT2D eigenvalue weighted by molar-refractivity contribution is 0.107. The quantitative estimate of drug-likeness (QED) is 0.875. The number of benzene rings is 1. The van der Waals surface area contributed by atoms with Crippen LogP contribution in [0.2, 0.25) is 0 Å². The van der Waals surface area contributed by atoms with Crippen molar-refractivity contribution in [2.24, 2.45) is 0 Å². The van der Waals surface area contributed by atoms with Crippen LogP contribution in [0.4, 0.5) is 0 Å². The molecular weight excluding hydrogens is 222 g/mol. The van der Waals surface area contributed by atoms with Crippen molar-refractivity contribution < 1.29 is 0 Å². The number of H-pyrrole nitrogens is 1. The highest BCUT2D eigenvalue weighted by atomic mass is 15.2. The van der Waals surface area contributed by atoms with Crippen LogP contribution in [0.3, 0.4) is 0 Å². The molecule has 0 aliphatic carbocycles. The summed E-state index contributed by atoms with van der Waals surface area (Å²) in [4.78, 5) is 10.8. The Balaban J connectivity index is 1.96. The number of aromatic amines is 1. The van der Waals surface area contributed by atoms with Gasteiger partial charge in [0.15, 0.2) is 0 Å². The molecule has 0 radical (unpaired) electrons.